The summed E-state index contributed by atoms with van der Waals surface area (Å²) in [4.78, 5) is 14.6. The van der Waals surface area contributed by atoms with Crippen LogP contribution in [0.5, 0.6) is 17.2 Å². The minimum Gasteiger partial charge on any atom is -0.491 e. The van der Waals surface area contributed by atoms with Gasteiger partial charge in [0.1, 0.15) is 35.6 Å². The van der Waals surface area contributed by atoms with Gasteiger partial charge in [-0.05, 0) is 36.2 Å². The van der Waals surface area contributed by atoms with E-state index in [9.17, 15) is 4.79 Å². The molecule has 0 spiro atoms. The summed E-state index contributed by atoms with van der Waals surface area (Å²) in [6.07, 6.45) is 0.955. The molecule has 2 N–H and O–H groups in total. The van der Waals surface area contributed by atoms with E-state index in [0.29, 0.717) is 30.3 Å². The highest BCUT2D eigenvalue weighted by Gasteiger charge is 2.21. The summed E-state index contributed by atoms with van der Waals surface area (Å²) in [5.74, 6) is 1.81. The summed E-state index contributed by atoms with van der Waals surface area (Å²) in [7, 11) is 0. The third-order valence-electron chi connectivity index (χ3n) is 3.35. The molecular weight excluding hydrogens is 298 g/mol. The zero-order chi connectivity index (χ0) is 16.2. The number of aromatic nitrogens is 1. The van der Waals surface area contributed by atoms with Crippen LogP contribution in [0.1, 0.15) is 11.3 Å². The second kappa shape index (κ2) is 6.23. The van der Waals surface area contributed by atoms with E-state index in [1.165, 1.54) is 6.20 Å². The van der Waals surface area contributed by atoms with Crippen molar-refractivity contribution < 1.29 is 19.4 Å². The first kappa shape index (κ1) is 14.7. The summed E-state index contributed by atoms with van der Waals surface area (Å²) in [5, 5.41) is 20.1. The quantitative estimate of drug-likeness (QED) is 0.901. The van der Waals surface area contributed by atoms with E-state index in [-0.39, 0.29) is 11.7 Å². The number of hydrogen-bond donors (Lipinski definition) is 2. The predicted molar refractivity (Wildman–Crippen MR) is 79.6 cm³/mol. The highest BCUT2D eigenvalue weighted by molar-refractivity contribution is 5.65. The number of benzene rings is 1. The largest absolute Gasteiger partial charge is 0.491 e. The molecule has 1 atom stereocenters. The molecule has 1 aliphatic heterocycles. The molecule has 7 nitrogen and oxygen atoms in total. The maximum atomic E-state index is 10.7. The Bertz CT molecular complexity index is 785. The Hall–Kier alpha value is -3.27. The Morgan fingerprint density at radius 3 is 3.00 bits per heavy atom. The van der Waals surface area contributed by atoms with E-state index >= 15 is 0 Å². The van der Waals surface area contributed by atoms with Gasteiger partial charge in [-0.1, -0.05) is 0 Å². The van der Waals surface area contributed by atoms with Crippen molar-refractivity contribution in [3.63, 3.8) is 0 Å². The van der Waals surface area contributed by atoms with Gasteiger partial charge in [-0.15, -0.1) is 0 Å². The van der Waals surface area contributed by atoms with Crippen molar-refractivity contribution in [1.82, 2.24) is 10.3 Å². The van der Waals surface area contributed by atoms with Crippen molar-refractivity contribution in [2.24, 2.45) is 0 Å². The van der Waals surface area contributed by atoms with Crippen molar-refractivity contribution in [1.29, 1.82) is 5.26 Å². The van der Waals surface area contributed by atoms with E-state index in [1.54, 1.807) is 30.3 Å². The summed E-state index contributed by atoms with van der Waals surface area (Å²) in [6, 6.07) is 10.2. The van der Waals surface area contributed by atoms with Crippen molar-refractivity contribution in [3.05, 3.63) is 47.8 Å². The topological polar surface area (TPSA) is 104 Å². The molecule has 1 unspecified atom stereocenters. The average Bonchev–Trinajstić information content (AvgIpc) is 2.54. The second-order valence-electron chi connectivity index (χ2n) is 5.02. The number of nitriles is 1. The number of carboxylic acid groups (broad SMARTS) is 1. The maximum Gasteiger partial charge on any atom is 0.405 e. The van der Waals surface area contributed by atoms with Gasteiger partial charge in [0, 0.05) is 12.3 Å². The zero-order valence-corrected chi connectivity index (χ0v) is 12.0. The number of rotatable bonds is 3. The molecule has 1 amide bonds. The first-order chi connectivity index (χ1) is 11.1. The molecule has 3 rings (SSSR count). The van der Waals surface area contributed by atoms with Crippen LogP contribution < -0.4 is 14.8 Å². The monoisotopic (exact) mass is 311 g/mol. The van der Waals surface area contributed by atoms with Crippen molar-refractivity contribution in [2.45, 2.75) is 12.5 Å². The fourth-order valence-electron chi connectivity index (χ4n) is 2.37. The van der Waals surface area contributed by atoms with Crippen LogP contribution in [-0.2, 0) is 6.42 Å². The molecule has 0 radical (unpaired) electrons. The summed E-state index contributed by atoms with van der Waals surface area (Å²) < 4.78 is 11.3. The lowest BCUT2D eigenvalue weighted by Gasteiger charge is -2.25. The Labute approximate surface area is 132 Å². The Kier molecular flexibility index (Phi) is 3.97. The molecule has 0 aliphatic carbocycles. The summed E-state index contributed by atoms with van der Waals surface area (Å²) in [5.41, 5.74) is 1.14. The van der Waals surface area contributed by atoms with Gasteiger partial charge >= 0.3 is 6.09 Å². The number of nitrogens with one attached hydrogen (secondary N) is 1. The number of amides is 1. The highest BCUT2D eigenvalue weighted by Crippen LogP contribution is 2.31. The van der Waals surface area contributed by atoms with E-state index in [4.69, 9.17) is 19.8 Å². The molecule has 0 saturated carbocycles. The molecule has 1 aromatic heterocycles. The van der Waals surface area contributed by atoms with Gasteiger partial charge in [0.05, 0.1) is 6.04 Å². The predicted octanol–water partition coefficient (Wildman–Crippen LogP) is 2.32. The second-order valence-corrected chi connectivity index (χ2v) is 5.02. The fraction of sp³-hybridized carbons (Fsp3) is 0.188. The molecule has 7 heteroatoms. The van der Waals surface area contributed by atoms with Gasteiger partial charge in [-0.3, -0.25) is 0 Å². The highest BCUT2D eigenvalue weighted by atomic mass is 16.5. The molecule has 1 aromatic carbocycles. The number of hydrogen-bond acceptors (Lipinski definition) is 5. The van der Waals surface area contributed by atoms with E-state index in [0.717, 1.165) is 5.56 Å². The molecule has 116 valence electrons. The molecule has 0 fully saturated rings. The van der Waals surface area contributed by atoms with Crippen LogP contribution in [0.2, 0.25) is 0 Å². The van der Waals surface area contributed by atoms with Gasteiger partial charge in [-0.2, -0.15) is 5.26 Å². The Balaban J connectivity index is 1.78. The van der Waals surface area contributed by atoms with Gasteiger partial charge in [0.2, 0.25) is 0 Å². The fourth-order valence-corrected chi connectivity index (χ4v) is 2.37. The maximum absolute atomic E-state index is 10.7. The third-order valence-corrected chi connectivity index (χ3v) is 3.35. The first-order valence-electron chi connectivity index (χ1n) is 6.93. The minimum atomic E-state index is -1.07. The minimum absolute atomic E-state index is 0.273. The summed E-state index contributed by atoms with van der Waals surface area (Å²) in [6.45, 7) is 0.301. The molecular formula is C16H13N3O4. The smallest absolute Gasteiger partial charge is 0.405 e. The van der Waals surface area contributed by atoms with Crippen LogP contribution >= 0.6 is 0 Å². The lowest BCUT2D eigenvalue weighted by atomic mass is 10.0. The molecule has 2 aromatic rings. The normalized spacial score (nSPS) is 15.7. The van der Waals surface area contributed by atoms with Crippen molar-refractivity contribution in [3.8, 4) is 23.3 Å². The van der Waals surface area contributed by atoms with Crippen LogP contribution in [0.25, 0.3) is 0 Å². The third kappa shape index (κ3) is 3.49. The lowest BCUT2D eigenvalue weighted by Crippen LogP contribution is -2.41. The molecule has 0 saturated heterocycles. The average molecular weight is 311 g/mol. The number of carbonyl (C=O) groups is 1. The van der Waals surface area contributed by atoms with Crippen LogP contribution in [0.4, 0.5) is 4.79 Å². The first-order valence-corrected chi connectivity index (χ1v) is 6.93. The number of nitrogens with zero attached hydrogens (tertiary/aromatic N) is 2. The summed E-state index contributed by atoms with van der Waals surface area (Å²) >= 11 is 0. The number of ether oxygens (including phenoxy) is 2. The van der Waals surface area contributed by atoms with E-state index < -0.39 is 6.09 Å². The molecule has 1 aliphatic rings. The van der Waals surface area contributed by atoms with E-state index in [2.05, 4.69) is 10.3 Å². The van der Waals surface area contributed by atoms with Gasteiger partial charge in [0.25, 0.3) is 0 Å². The number of fused-ring (bicyclic) bond motifs is 1. The molecule has 2 heterocycles. The van der Waals surface area contributed by atoms with Crippen molar-refractivity contribution in [2.75, 3.05) is 6.61 Å². The van der Waals surface area contributed by atoms with Crippen molar-refractivity contribution >= 4 is 6.09 Å². The van der Waals surface area contributed by atoms with Gasteiger partial charge in [0.15, 0.2) is 0 Å². The standard InChI is InChI=1S/C16H13N3O4/c17-8-11-7-14(3-4-18-11)23-13-1-2-15-10(6-13)5-12(9-22-15)19-16(20)21/h1-4,6-7,12,19H,5,9H2,(H,20,21). The van der Waals surface area contributed by atoms with Crippen LogP contribution in [0.15, 0.2) is 36.5 Å². The van der Waals surface area contributed by atoms with Crippen LogP contribution in [0, 0.1) is 11.3 Å². The van der Waals surface area contributed by atoms with Crippen LogP contribution in [-0.4, -0.2) is 28.8 Å². The van der Waals surface area contributed by atoms with Gasteiger partial charge in [-0.25, -0.2) is 9.78 Å². The Morgan fingerprint density at radius 1 is 1.39 bits per heavy atom. The lowest BCUT2D eigenvalue weighted by molar-refractivity contribution is 0.176. The molecule has 0 bridgehead atoms. The van der Waals surface area contributed by atoms with Crippen LogP contribution in [0.3, 0.4) is 0 Å². The Morgan fingerprint density at radius 2 is 2.22 bits per heavy atom. The zero-order valence-electron chi connectivity index (χ0n) is 12.0. The number of pyridine rings is 1. The van der Waals surface area contributed by atoms with E-state index in [1.807, 2.05) is 6.07 Å². The molecule has 23 heavy (non-hydrogen) atoms. The SMILES string of the molecule is N#Cc1cc(Oc2ccc3c(c2)CC(NC(=O)O)CO3)ccn1. The van der Waals surface area contributed by atoms with Gasteiger partial charge < -0.3 is 19.9 Å².